The standard InChI is InChI=1S/C62H86N6O2/c1-36(2)45-24-20-25-46(37(3)4)53(45)63-57-65(59(69)67(57)55-49(40(9)10)28-22-29-50(55)41(11)12)35-62(19)33-44(32-61(17,18)34-62)66-58(64-54-47(38(5)6)26-21-27-48(54)39(7)8)68(60(66)70)56-51(42(13)14)30-23-31-52(56)43(15)16/h20-31,36-44H,32-35H2,1-19H3/b63-57+,64-58+. The Morgan fingerprint density at radius 1 is 0.457 bits per heavy atom. The molecule has 0 aromatic heterocycles. The van der Waals surface area contributed by atoms with E-state index in [-0.39, 0.29) is 76.3 Å². The number of amides is 4. The molecule has 3 aliphatic rings. The van der Waals surface area contributed by atoms with E-state index in [9.17, 15) is 0 Å². The van der Waals surface area contributed by atoms with Gasteiger partial charge in [-0.15, -0.1) is 0 Å². The third-order valence-electron chi connectivity index (χ3n) is 15.2. The summed E-state index contributed by atoms with van der Waals surface area (Å²) in [7, 11) is 0. The van der Waals surface area contributed by atoms with Crippen molar-refractivity contribution in [3.8, 4) is 0 Å². The van der Waals surface area contributed by atoms with E-state index < -0.39 is 0 Å². The first-order valence-electron chi connectivity index (χ1n) is 26.7. The Kier molecular flexibility index (Phi) is 15.1. The van der Waals surface area contributed by atoms with Crippen LogP contribution < -0.4 is 9.80 Å². The highest BCUT2D eigenvalue weighted by atomic mass is 16.2. The number of guanidine groups is 2. The van der Waals surface area contributed by atoms with Gasteiger partial charge in [-0.05, 0) is 122 Å². The Morgan fingerprint density at radius 2 is 0.771 bits per heavy atom. The van der Waals surface area contributed by atoms with Gasteiger partial charge in [0.15, 0.2) is 0 Å². The first-order chi connectivity index (χ1) is 32.8. The number of aliphatic imine (C=N–C) groups is 2. The molecule has 2 aliphatic heterocycles. The van der Waals surface area contributed by atoms with Crippen LogP contribution in [-0.2, 0) is 0 Å². The minimum Gasteiger partial charge on any atom is -0.262 e. The lowest BCUT2D eigenvalue weighted by Gasteiger charge is -2.56. The fourth-order valence-electron chi connectivity index (χ4n) is 12.1. The normalized spacial score (nSPS) is 20.9. The Balaban J connectivity index is 1.38. The van der Waals surface area contributed by atoms with Gasteiger partial charge in [0.2, 0.25) is 11.9 Å². The van der Waals surface area contributed by atoms with Crippen LogP contribution in [0.1, 0.15) is 243 Å². The SMILES string of the molecule is CC(C)c1cccc(C(C)C)c1/N=C1\N(CC2(C)CC(N3C(=O)N(c4c(C(C)C)cccc4C(C)C)/C3=N/c3c(C(C)C)cccc3C(C)C)CC(C)(C)C2)C(=O)N1c1c(C(C)C)cccc1C(C)C. The molecular formula is C62H86N6O2. The summed E-state index contributed by atoms with van der Waals surface area (Å²) in [6.07, 6.45) is 2.40. The van der Waals surface area contributed by atoms with Gasteiger partial charge in [0.1, 0.15) is 0 Å². The summed E-state index contributed by atoms with van der Waals surface area (Å²) in [6, 6.07) is 25.9. The Labute approximate surface area is 423 Å². The van der Waals surface area contributed by atoms with Crippen LogP contribution in [0.3, 0.4) is 0 Å². The predicted octanol–water partition coefficient (Wildman–Crippen LogP) is 17.8. The van der Waals surface area contributed by atoms with Gasteiger partial charge < -0.3 is 0 Å². The number of benzene rings is 4. The number of hydrogen-bond acceptors (Lipinski definition) is 4. The molecule has 1 saturated carbocycles. The van der Waals surface area contributed by atoms with Crippen molar-refractivity contribution < 1.29 is 9.59 Å². The summed E-state index contributed by atoms with van der Waals surface area (Å²) in [5, 5.41) is 0. The van der Waals surface area contributed by atoms with Crippen LogP contribution in [0.5, 0.6) is 0 Å². The molecule has 0 bridgehead atoms. The highest BCUT2D eigenvalue weighted by Crippen LogP contribution is 2.52. The average molecular weight is 947 g/mol. The van der Waals surface area contributed by atoms with E-state index in [1.165, 1.54) is 22.3 Å². The van der Waals surface area contributed by atoms with Crippen LogP contribution in [0.4, 0.5) is 32.3 Å². The molecule has 2 atom stereocenters. The van der Waals surface area contributed by atoms with E-state index in [4.69, 9.17) is 9.98 Å². The molecule has 70 heavy (non-hydrogen) atoms. The van der Waals surface area contributed by atoms with Crippen molar-refractivity contribution in [3.05, 3.63) is 117 Å². The van der Waals surface area contributed by atoms with Crippen LogP contribution in [0, 0.1) is 10.8 Å². The highest BCUT2D eigenvalue weighted by molar-refractivity contribution is 6.32. The second kappa shape index (κ2) is 20.1. The molecule has 0 N–H and O–H groups in total. The number of carbonyl (C=O) groups is 2. The number of rotatable bonds is 15. The average Bonchev–Trinajstić information content (AvgIpc) is 3.26. The fraction of sp³-hybridized carbons (Fsp3) is 0.548. The van der Waals surface area contributed by atoms with Crippen LogP contribution >= 0.6 is 0 Å². The van der Waals surface area contributed by atoms with E-state index in [1.54, 1.807) is 0 Å². The maximum atomic E-state index is 15.5. The summed E-state index contributed by atoms with van der Waals surface area (Å²) in [5.41, 5.74) is 12.6. The molecule has 2 unspecified atom stereocenters. The first kappa shape index (κ1) is 52.6. The maximum absolute atomic E-state index is 15.5. The van der Waals surface area contributed by atoms with Gasteiger partial charge in [0, 0.05) is 12.6 Å². The van der Waals surface area contributed by atoms with Crippen LogP contribution in [-0.4, -0.2) is 46.4 Å². The van der Waals surface area contributed by atoms with Crippen molar-refractivity contribution in [2.24, 2.45) is 20.8 Å². The third kappa shape index (κ3) is 9.87. The number of nitrogens with zero attached hydrogens (tertiary/aromatic N) is 6. The van der Waals surface area contributed by atoms with Crippen molar-refractivity contribution in [1.82, 2.24) is 9.80 Å². The molecular weight excluding hydrogens is 861 g/mol. The Bertz CT molecular complexity index is 2560. The van der Waals surface area contributed by atoms with Gasteiger partial charge in [-0.3, -0.25) is 9.80 Å². The molecule has 3 fully saturated rings. The van der Waals surface area contributed by atoms with Gasteiger partial charge in [-0.2, -0.15) is 0 Å². The van der Waals surface area contributed by atoms with Crippen LogP contribution in [0.25, 0.3) is 0 Å². The van der Waals surface area contributed by atoms with Gasteiger partial charge in [0.05, 0.1) is 22.7 Å². The van der Waals surface area contributed by atoms with Gasteiger partial charge >= 0.3 is 12.1 Å². The zero-order valence-electron chi connectivity index (χ0n) is 46.5. The molecule has 4 amide bonds. The summed E-state index contributed by atoms with van der Waals surface area (Å²) < 4.78 is 0. The zero-order chi connectivity index (χ0) is 51.5. The number of hydrogen-bond donors (Lipinski definition) is 0. The van der Waals surface area contributed by atoms with E-state index >= 15 is 9.59 Å². The van der Waals surface area contributed by atoms with E-state index in [0.29, 0.717) is 24.9 Å². The molecule has 8 heteroatoms. The van der Waals surface area contributed by atoms with Crippen molar-refractivity contribution in [3.63, 3.8) is 0 Å². The largest absolute Gasteiger partial charge is 0.338 e. The highest BCUT2D eigenvalue weighted by Gasteiger charge is 2.56. The monoisotopic (exact) mass is 947 g/mol. The summed E-state index contributed by atoms with van der Waals surface area (Å²) in [6.45, 7) is 43.1. The van der Waals surface area contributed by atoms with Crippen LogP contribution in [0.15, 0.2) is 82.8 Å². The minimum atomic E-state index is -0.379. The number of para-hydroxylation sites is 4. The molecule has 0 spiro atoms. The van der Waals surface area contributed by atoms with Crippen molar-refractivity contribution >= 4 is 46.7 Å². The first-order valence-corrected chi connectivity index (χ1v) is 26.7. The van der Waals surface area contributed by atoms with Gasteiger partial charge in [0.25, 0.3) is 0 Å². The lowest BCUT2D eigenvalue weighted by molar-refractivity contribution is 0.0338. The Hall–Kier alpha value is -5.24. The maximum Gasteiger partial charge on any atom is 0.338 e. The fourth-order valence-corrected chi connectivity index (χ4v) is 12.1. The molecule has 7 rings (SSSR count). The number of urea groups is 2. The lowest BCUT2D eigenvalue weighted by atomic mass is 9.62. The second-order valence-electron chi connectivity index (χ2n) is 24.6. The Morgan fingerprint density at radius 3 is 1.11 bits per heavy atom. The number of anilines is 2. The summed E-state index contributed by atoms with van der Waals surface area (Å²) in [4.78, 5) is 50.1. The lowest BCUT2D eigenvalue weighted by Crippen LogP contribution is -2.71. The molecule has 376 valence electrons. The van der Waals surface area contributed by atoms with Crippen molar-refractivity contribution in [2.75, 3.05) is 16.3 Å². The molecule has 1 aliphatic carbocycles. The second-order valence-corrected chi connectivity index (χ2v) is 24.6. The van der Waals surface area contributed by atoms with Gasteiger partial charge in [-0.1, -0.05) is 204 Å². The van der Waals surface area contributed by atoms with E-state index in [2.05, 4.69) is 204 Å². The minimum absolute atomic E-state index is 0.0293. The number of carbonyl (C=O) groups excluding carboxylic acids is 2. The van der Waals surface area contributed by atoms with E-state index in [1.807, 2.05) is 19.6 Å². The zero-order valence-corrected chi connectivity index (χ0v) is 46.5. The van der Waals surface area contributed by atoms with Gasteiger partial charge in [-0.25, -0.2) is 29.4 Å². The predicted molar refractivity (Wildman–Crippen MR) is 296 cm³/mol. The van der Waals surface area contributed by atoms with Crippen molar-refractivity contribution in [2.45, 2.75) is 204 Å². The smallest absolute Gasteiger partial charge is 0.262 e. The summed E-state index contributed by atoms with van der Waals surface area (Å²) in [5.74, 6) is 3.11. The summed E-state index contributed by atoms with van der Waals surface area (Å²) >= 11 is 0. The van der Waals surface area contributed by atoms with E-state index in [0.717, 1.165) is 57.8 Å². The molecule has 8 nitrogen and oxygen atoms in total. The van der Waals surface area contributed by atoms with Crippen LogP contribution in [0.2, 0.25) is 0 Å². The molecule has 0 radical (unpaired) electrons. The molecule has 2 heterocycles. The quantitative estimate of drug-likeness (QED) is 0.119. The molecule has 4 aromatic rings. The van der Waals surface area contributed by atoms with Crippen molar-refractivity contribution in [1.29, 1.82) is 0 Å². The molecule has 2 saturated heterocycles. The third-order valence-corrected chi connectivity index (χ3v) is 15.2. The molecule has 4 aromatic carbocycles. The topological polar surface area (TPSA) is 71.8 Å².